The van der Waals surface area contributed by atoms with Crippen LogP contribution < -0.4 is 10.5 Å². The van der Waals surface area contributed by atoms with Crippen molar-refractivity contribution >= 4 is 17.7 Å². The zero-order valence-electron chi connectivity index (χ0n) is 18.6. The molecule has 3 rings (SSSR count). The molecule has 1 aliphatic heterocycles. The Labute approximate surface area is 196 Å². The topological polar surface area (TPSA) is 131 Å². The number of esters is 1. The van der Waals surface area contributed by atoms with Gasteiger partial charge in [-0.1, -0.05) is 23.9 Å². The number of aryl methyl sites for hydroxylation is 2. The number of methoxy groups -OCH3 is 2. The molecule has 0 aliphatic carbocycles. The van der Waals surface area contributed by atoms with Crippen molar-refractivity contribution in [1.82, 2.24) is 4.98 Å². The van der Waals surface area contributed by atoms with E-state index in [9.17, 15) is 15.3 Å². The molecule has 2 aromatic rings. The first-order valence-corrected chi connectivity index (χ1v) is 10.9. The lowest BCUT2D eigenvalue weighted by Crippen LogP contribution is -2.21. The highest BCUT2D eigenvalue weighted by molar-refractivity contribution is 7.99. The Hall–Kier alpha value is -3.95. The summed E-state index contributed by atoms with van der Waals surface area (Å²) in [5, 5.41) is 20.1. The summed E-state index contributed by atoms with van der Waals surface area (Å²) in [6.45, 7) is 3.64. The summed E-state index contributed by atoms with van der Waals surface area (Å²) in [7, 11) is 2.87. The molecule has 8 nitrogen and oxygen atoms in total. The largest absolute Gasteiger partial charge is 0.497 e. The Morgan fingerprint density at radius 2 is 1.85 bits per heavy atom. The number of pyridine rings is 1. The summed E-state index contributed by atoms with van der Waals surface area (Å²) in [5.41, 5.74) is 9.03. The average Bonchev–Trinajstić information content (AvgIpc) is 2.81. The van der Waals surface area contributed by atoms with Crippen LogP contribution in [0.25, 0.3) is 0 Å². The van der Waals surface area contributed by atoms with Crippen molar-refractivity contribution in [2.45, 2.75) is 24.8 Å². The maximum Gasteiger partial charge on any atom is 0.340 e. The van der Waals surface area contributed by atoms with E-state index >= 15 is 0 Å². The number of allylic oxidation sites excluding steroid dienone is 2. The summed E-state index contributed by atoms with van der Waals surface area (Å²) >= 11 is 1.23. The number of nitriles is 2. The van der Waals surface area contributed by atoms with E-state index in [2.05, 4.69) is 17.1 Å². The standard InChI is InChI=1S/C24H22N4O4S/c1-13-9-14(2)28-23(20(13)24(29)31-4)33-12-19-17(10-25)21(18(11-26)22(27)32-19)15-5-7-16(30-3)8-6-15/h5-9,21H,12,27H2,1-4H3/t21-/m1/s1. The van der Waals surface area contributed by atoms with Crippen molar-refractivity contribution in [3.63, 3.8) is 0 Å². The zero-order chi connectivity index (χ0) is 24.1. The number of thioether (sulfide) groups is 1. The molecule has 2 N–H and O–H groups in total. The maximum absolute atomic E-state index is 12.3. The Morgan fingerprint density at radius 1 is 1.18 bits per heavy atom. The molecule has 1 aromatic carbocycles. The first kappa shape index (κ1) is 23.7. The van der Waals surface area contributed by atoms with Crippen molar-refractivity contribution in [3.8, 4) is 17.9 Å². The van der Waals surface area contributed by atoms with Crippen LogP contribution in [0.1, 0.15) is 33.1 Å². The molecule has 1 aliphatic rings. The number of benzene rings is 1. The fraction of sp³-hybridized carbons (Fsp3) is 0.250. The highest BCUT2D eigenvalue weighted by Crippen LogP contribution is 2.40. The number of aromatic nitrogens is 1. The number of ether oxygens (including phenoxy) is 3. The Balaban J connectivity index is 2.02. The predicted octanol–water partition coefficient (Wildman–Crippen LogP) is 3.87. The third kappa shape index (κ3) is 4.79. The van der Waals surface area contributed by atoms with Gasteiger partial charge in [0.05, 0.1) is 43.1 Å². The Kier molecular flexibility index (Phi) is 7.27. The van der Waals surface area contributed by atoms with E-state index in [4.69, 9.17) is 19.9 Å². The minimum absolute atomic E-state index is 0.0607. The quantitative estimate of drug-likeness (QED) is 0.502. The SMILES string of the molecule is COC(=O)c1c(C)cc(C)nc1SCC1=C(C#N)[C@@H](c2ccc(OC)cc2)C(C#N)=C(N)O1. The molecule has 0 bridgehead atoms. The lowest BCUT2D eigenvalue weighted by Gasteiger charge is -2.26. The summed E-state index contributed by atoms with van der Waals surface area (Å²) < 4.78 is 15.8. The van der Waals surface area contributed by atoms with E-state index in [1.165, 1.54) is 18.9 Å². The number of nitrogens with two attached hydrogens (primary N) is 1. The summed E-state index contributed by atoms with van der Waals surface area (Å²) in [6, 6.07) is 13.1. The highest BCUT2D eigenvalue weighted by atomic mass is 32.2. The van der Waals surface area contributed by atoms with Crippen LogP contribution in [-0.2, 0) is 9.47 Å². The van der Waals surface area contributed by atoms with Crippen LogP contribution >= 0.6 is 11.8 Å². The minimum atomic E-state index is -0.678. The molecule has 0 fully saturated rings. The van der Waals surface area contributed by atoms with Gasteiger partial charge in [0.2, 0.25) is 5.88 Å². The van der Waals surface area contributed by atoms with E-state index < -0.39 is 11.9 Å². The van der Waals surface area contributed by atoms with Gasteiger partial charge < -0.3 is 19.9 Å². The van der Waals surface area contributed by atoms with Crippen LogP contribution in [0.3, 0.4) is 0 Å². The second-order valence-electron chi connectivity index (χ2n) is 7.19. The molecule has 9 heteroatoms. The van der Waals surface area contributed by atoms with Crippen LogP contribution in [0.4, 0.5) is 0 Å². The normalized spacial score (nSPS) is 15.4. The van der Waals surface area contributed by atoms with E-state index in [1.807, 2.05) is 13.8 Å². The van der Waals surface area contributed by atoms with Gasteiger partial charge in [-0.3, -0.25) is 0 Å². The first-order chi connectivity index (χ1) is 15.8. The molecule has 1 atom stereocenters. The van der Waals surface area contributed by atoms with E-state index in [0.29, 0.717) is 27.7 Å². The Bertz CT molecular complexity index is 1240. The van der Waals surface area contributed by atoms with Crippen LogP contribution in [0.15, 0.2) is 58.1 Å². The summed E-state index contributed by atoms with van der Waals surface area (Å²) in [4.78, 5) is 16.8. The molecule has 0 spiro atoms. The van der Waals surface area contributed by atoms with Gasteiger partial charge in [0.1, 0.15) is 28.2 Å². The minimum Gasteiger partial charge on any atom is -0.497 e. The van der Waals surface area contributed by atoms with E-state index in [-0.39, 0.29) is 22.8 Å². The second kappa shape index (κ2) is 10.1. The van der Waals surface area contributed by atoms with Crippen LogP contribution in [0, 0.1) is 36.5 Å². The van der Waals surface area contributed by atoms with Crippen LogP contribution in [0.5, 0.6) is 5.75 Å². The van der Waals surface area contributed by atoms with E-state index in [0.717, 1.165) is 11.3 Å². The maximum atomic E-state index is 12.3. The number of nitrogens with zero attached hydrogens (tertiary/aromatic N) is 3. The molecule has 168 valence electrons. The van der Waals surface area contributed by atoms with Crippen molar-refractivity contribution < 1.29 is 19.0 Å². The monoisotopic (exact) mass is 462 g/mol. The third-order valence-corrected chi connectivity index (χ3v) is 6.08. The van der Waals surface area contributed by atoms with Gasteiger partial charge in [-0.05, 0) is 43.2 Å². The van der Waals surface area contributed by atoms with Crippen molar-refractivity contribution in [2.24, 2.45) is 5.73 Å². The molecule has 0 saturated carbocycles. The smallest absolute Gasteiger partial charge is 0.340 e. The molecule has 0 saturated heterocycles. The number of carbonyl (C=O) groups excluding carboxylic acids is 1. The van der Waals surface area contributed by atoms with Crippen molar-refractivity contribution in [3.05, 3.63) is 75.5 Å². The molecule has 0 amide bonds. The summed E-state index contributed by atoms with van der Waals surface area (Å²) in [5.74, 6) is -0.109. The van der Waals surface area contributed by atoms with Crippen LogP contribution in [-0.4, -0.2) is 30.9 Å². The van der Waals surface area contributed by atoms with Gasteiger partial charge in [-0.25, -0.2) is 9.78 Å². The van der Waals surface area contributed by atoms with Crippen LogP contribution in [0.2, 0.25) is 0 Å². The third-order valence-electron chi connectivity index (χ3n) is 5.11. The lowest BCUT2D eigenvalue weighted by molar-refractivity contribution is 0.0595. The molecule has 0 radical (unpaired) electrons. The molecule has 1 aromatic heterocycles. The number of hydrogen-bond donors (Lipinski definition) is 1. The van der Waals surface area contributed by atoms with Gasteiger partial charge in [0.25, 0.3) is 0 Å². The fourth-order valence-electron chi connectivity index (χ4n) is 3.56. The van der Waals surface area contributed by atoms with Gasteiger partial charge in [0.15, 0.2) is 0 Å². The molecular formula is C24H22N4O4S. The molecule has 0 unspecified atom stereocenters. The second-order valence-corrected chi connectivity index (χ2v) is 8.15. The van der Waals surface area contributed by atoms with Gasteiger partial charge >= 0.3 is 5.97 Å². The molecular weight excluding hydrogens is 440 g/mol. The number of hydrogen-bond acceptors (Lipinski definition) is 9. The van der Waals surface area contributed by atoms with Gasteiger partial charge in [-0.2, -0.15) is 10.5 Å². The van der Waals surface area contributed by atoms with Crippen molar-refractivity contribution in [2.75, 3.05) is 20.0 Å². The zero-order valence-corrected chi connectivity index (χ0v) is 19.4. The van der Waals surface area contributed by atoms with Crippen molar-refractivity contribution in [1.29, 1.82) is 10.5 Å². The lowest BCUT2D eigenvalue weighted by atomic mass is 9.84. The highest BCUT2D eigenvalue weighted by Gasteiger charge is 2.33. The average molecular weight is 463 g/mol. The predicted molar refractivity (Wildman–Crippen MR) is 122 cm³/mol. The Morgan fingerprint density at radius 3 is 2.42 bits per heavy atom. The number of carbonyl (C=O) groups is 1. The fourth-order valence-corrected chi connectivity index (χ4v) is 4.64. The molecule has 2 heterocycles. The van der Waals surface area contributed by atoms with Gasteiger partial charge in [-0.15, -0.1) is 0 Å². The first-order valence-electron chi connectivity index (χ1n) is 9.88. The molecule has 33 heavy (non-hydrogen) atoms. The number of rotatable bonds is 6. The van der Waals surface area contributed by atoms with Gasteiger partial charge in [0, 0.05) is 5.69 Å². The van der Waals surface area contributed by atoms with E-state index in [1.54, 1.807) is 37.4 Å². The summed E-state index contributed by atoms with van der Waals surface area (Å²) in [6.07, 6.45) is 0.